The minimum atomic E-state index is -0.568. The van der Waals surface area contributed by atoms with Gasteiger partial charge in [0.2, 0.25) is 11.1 Å². The first-order chi connectivity index (χ1) is 21.8. The molecule has 0 bridgehead atoms. The minimum Gasteiger partial charge on any atom is -0.493 e. The zero-order valence-electron chi connectivity index (χ0n) is 26.4. The van der Waals surface area contributed by atoms with Gasteiger partial charge in [0.1, 0.15) is 6.04 Å². The Hall–Kier alpha value is -3.95. The third-order valence-electron chi connectivity index (χ3n) is 7.78. The molecule has 1 aromatic heterocycles. The molecule has 0 spiro atoms. The lowest BCUT2D eigenvalue weighted by atomic mass is 9.94. The molecule has 0 saturated heterocycles. The number of halogens is 1. The molecule has 10 heteroatoms. The van der Waals surface area contributed by atoms with Crippen LogP contribution in [-0.2, 0) is 10.5 Å². The number of methoxy groups -OCH3 is 1. The van der Waals surface area contributed by atoms with Crippen LogP contribution in [0.2, 0.25) is 5.02 Å². The van der Waals surface area contributed by atoms with Crippen LogP contribution in [0, 0.1) is 13.8 Å². The molecule has 3 aromatic carbocycles. The van der Waals surface area contributed by atoms with Gasteiger partial charge in [-0.1, -0.05) is 91.5 Å². The lowest BCUT2D eigenvalue weighted by Crippen LogP contribution is -2.31. The summed E-state index contributed by atoms with van der Waals surface area (Å²) >= 11 is 7.89. The number of fused-ring (bicyclic) bond motifs is 1. The van der Waals surface area contributed by atoms with E-state index >= 15 is 0 Å². The molecule has 0 aliphatic carbocycles. The molecule has 1 amide bonds. The van der Waals surface area contributed by atoms with Crippen LogP contribution in [0.3, 0.4) is 0 Å². The quantitative estimate of drug-likeness (QED) is 0.111. The van der Waals surface area contributed by atoms with Gasteiger partial charge < -0.3 is 20.1 Å². The molecule has 2 N–H and O–H groups in total. The van der Waals surface area contributed by atoms with Gasteiger partial charge in [-0.05, 0) is 68.1 Å². The van der Waals surface area contributed by atoms with Gasteiger partial charge >= 0.3 is 0 Å². The lowest BCUT2D eigenvalue weighted by Gasteiger charge is -2.29. The number of nitrogens with zero attached hydrogens (tertiary/aromatic N) is 3. The summed E-state index contributed by atoms with van der Waals surface area (Å²) in [5.74, 6) is 2.21. The molecule has 0 radical (unpaired) electrons. The van der Waals surface area contributed by atoms with E-state index in [-0.39, 0.29) is 5.91 Å². The summed E-state index contributed by atoms with van der Waals surface area (Å²) in [5, 5.41) is 12.6. The number of carbonyl (C=O) groups excluding carboxylic acids is 1. The number of benzene rings is 3. The van der Waals surface area contributed by atoms with Gasteiger partial charge in [0.05, 0.1) is 19.3 Å². The highest BCUT2D eigenvalue weighted by Crippen LogP contribution is 2.40. The number of unbranched alkanes of at least 4 members (excludes halogenated alkanes) is 3. The van der Waals surface area contributed by atoms with Gasteiger partial charge in [-0.25, -0.2) is 4.68 Å². The third kappa shape index (κ3) is 7.65. The van der Waals surface area contributed by atoms with Crippen molar-refractivity contribution in [2.24, 2.45) is 0 Å². The van der Waals surface area contributed by atoms with Crippen LogP contribution < -0.4 is 20.1 Å². The molecule has 1 aliphatic rings. The Morgan fingerprint density at radius 3 is 2.62 bits per heavy atom. The Morgan fingerprint density at radius 1 is 1.04 bits per heavy atom. The first-order valence-corrected chi connectivity index (χ1v) is 16.6. The van der Waals surface area contributed by atoms with Gasteiger partial charge in [0.15, 0.2) is 11.5 Å². The van der Waals surface area contributed by atoms with Crippen molar-refractivity contribution in [1.29, 1.82) is 0 Å². The Labute approximate surface area is 274 Å². The number of thioether (sulfide) groups is 1. The van der Waals surface area contributed by atoms with Crippen molar-refractivity contribution >= 4 is 40.9 Å². The minimum absolute atomic E-state index is 0.224. The summed E-state index contributed by atoms with van der Waals surface area (Å²) < 4.78 is 13.6. The average Bonchev–Trinajstić information content (AvgIpc) is 3.43. The second-order valence-corrected chi connectivity index (χ2v) is 12.6. The van der Waals surface area contributed by atoms with E-state index in [0.717, 1.165) is 40.8 Å². The SMILES string of the molecule is CCCCCCOc1ccc(C2C(C(=O)Nc3ccc(C)cc3C)=C(C)Nc3nc(SCc4ccccc4Cl)nn32)cc1OC. The van der Waals surface area contributed by atoms with Gasteiger partial charge in [0.25, 0.3) is 5.91 Å². The molecule has 1 aliphatic heterocycles. The van der Waals surface area contributed by atoms with Crippen molar-refractivity contribution < 1.29 is 14.3 Å². The number of hydrogen-bond donors (Lipinski definition) is 2. The fraction of sp³-hybridized carbons (Fsp3) is 0.343. The van der Waals surface area contributed by atoms with E-state index in [1.54, 1.807) is 11.8 Å². The van der Waals surface area contributed by atoms with Gasteiger partial charge in [-0.2, -0.15) is 4.98 Å². The van der Waals surface area contributed by atoms with Crippen molar-refractivity contribution in [3.8, 4) is 11.5 Å². The summed E-state index contributed by atoms with van der Waals surface area (Å²) in [7, 11) is 1.63. The van der Waals surface area contributed by atoms with E-state index in [0.29, 0.717) is 51.3 Å². The number of aryl methyl sites for hydroxylation is 2. The second-order valence-electron chi connectivity index (χ2n) is 11.2. The maximum Gasteiger partial charge on any atom is 0.255 e. The molecule has 8 nitrogen and oxygen atoms in total. The summed E-state index contributed by atoms with van der Waals surface area (Å²) in [4.78, 5) is 18.9. The Bertz CT molecular complexity index is 1700. The number of hydrogen-bond acceptors (Lipinski definition) is 7. The molecule has 1 atom stereocenters. The monoisotopic (exact) mass is 645 g/mol. The van der Waals surface area contributed by atoms with Crippen molar-refractivity contribution in [3.05, 3.63) is 99.2 Å². The largest absolute Gasteiger partial charge is 0.493 e. The van der Waals surface area contributed by atoms with Crippen molar-refractivity contribution in [1.82, 2.24) is 14.8 Å². The highest BCUT2D eigenvalue weighted by atomic mass is 35.5. The normalized spacial score (nSPS) is 14.1. The molecule has 4 aromatic rings. The standard InChI is InChI=1S/C35H40ClN5O3S/c1-6-7-8-11-18-44-29-17-15-25(20-30(29)43-5)32-31(33(42)38-28-16-14-22(2)19-23(28)3)24(4)37-34-39-35(40-41(32)34)45-21-26-12-9-10-13-27(26)36/h9-10,12-17,19-20,32H,6-8,11,18,21H2,1-5H3,(H,38,42)(H,37,39,40). The summed E-state index contributed by atoms with van der Waals surface area (Å²) in [5.41, 5.74) is 5.93. The maximum atomic E-state index is 14.1. The van der Waals surface area contributed by atoms with E-state index in [4.69, 9.17) is 31.2 Å². The highest BCUT2D eigenvalue weighted by Gasteiger charge is 2.35. The number of ether oxygens (including phenoxy) is 2. The van der Waals surface area contributed by atoms with Crippen LogP contribution >= 0.6 is 23.4 Å². The molecule has 45 heavy (non-hydrogen) atoms. The molecule has 0 fully saturated rings. The van der Waals surface area contributed by atoms with Crippen LogP contribution in [0.15, 0.2) is 77.1 Å². The van der Waals surface area contributed by atoms with Crippen LogP contribution in [0.25, 0.3) is 0 Å². The van der Waals surface area contributed by atoms with E-state index in [1.807, 2.05) is 75.4 Å². The maximum absolute atomic E-state index is 14.1. The smallest absolute Gasteiger partial charge is 0.255 e. The third-order valence-corrected chi connectivity index (χ3v) is 9.04. The number of anilines is 2. The van der Waals surface area contributed by atoms with Gasteiger partial charge in [-0.15, -0.1) is 5.10 Å². The molecule has 5 rings (SSSR count). The Balaban J connectivity index is 1.49. The number of nitrogens with one attached hydrogen (secondary N) is 2. The van der Waals surface area contributed by atoms with Crippen LogP contribution in [0.1, 0.15) is 67.8 Å². The number of rotatable bonds is 13. The van der Waals surface area contributed by atoms with Crippen molar-refractivity contribution in [2.45, 2.75) is 70.3 Å². The van der Waals surface area contributed by atoms with Crippen molar-refractivity contribution in [2.75, 3.05) is 24.4 Å². The predicted molar refractivity (Wildman–Crippen MR) is 183 cm³/mol. The number of aromatic nitrogens is 3. The van der Waals surface area contributed by atoms with E-state index in [9.17, 15) is 4.79 Å². The van der Waals surface area contributed by atoms with Gasteiger partial charge in [-0.3, -0.25) is 4.79 Å². The van der Waals surface area contributed by atoms with E-state index in [2.05, 4.69) is 23.6 Å². The molecular weight excluding hydrogens is 606 g/mol. The van der Waals surface area contributed by atoms with E-state index in [1.165, 1.54) is 24.6 Å². The number of carbonyl (C=O) groups is 1. The summed E-state index contributed by atoms with van der Waals surface area (Å²) in [6.45, 7) is 8.72. The zero-order chi connectivity index (χ0) is 31.9. The summed E-state index contributed by atoms with van der Waals surface area (Å²) in [6, 6.07) is 19.0. The fourth-order valence-corrected chi connectivity index (χ4v) is 6.50. The van der Waals surface area contributed by atoms with Gasteiger partial charge in [0, 0.05) is 22.2 Å². The van der Waals surface area contributed by atoms with E-state index < -0.39 is 6.04 Å². The molecule has 1 unspecified atom stereocenters. The lowest BCUT2D eigenvalue weighted by molar-refractivity contribution is -0.113. The Kier molecular flexibility index (Phi) is 10.7. The van der Waals surface area contributed by atoms with Crippen molar-refractivity contribution in [3.63, 3.8) is 0 Å². The second kappa shape index (κ2) is 14.9. The molecular formula is C35H40ClN5O3S. The van der Waals surface area contributed by atoms with Crippen LogP contribution in [-0.4, -0.2) is 34.4 Å². The molecule has 0 saturated carbocycles. The molecule has 2 heterocycles. The van der Waals surface area contributed by atoms with Crippen LogP contribution in [0.5, 0.6) is 11.5 Å². The number of amides is 1. The fourth-order valence-electron chi connectivity index (χ4n) is 5.38. The van der Waals surface area contributed by atoms with Crippen LogP contribution in [0.4, 0.5) is 11.6 Å². The molecule has 236 valence electrons. The zero-order valence-corrected chi connectivity index (χ0v) is 28.0. The number of allylic oxidation sites excluding steroid dienone is 1. The topological polar surface area (TPSA) is 90.3 Å². The first kappa shape index (κ1) is 32.4. The predicted octanol–water partition coefficient (Wildman–Crippen LogP) is 8.74. The first-order valence-electron chi connectivity index (χ1n) is 15.3. The Morgan fingerprint density at radius 2 is 1.87 bits per heavy atom. The average molecular weight is 646 g/mol. The summed E-state index contributed by atoms with van der Waals surface area (Å²) in [6.07, 6.45) is 4.47. The highest BCUT2D eigenvalue weighted by molar-refractivity contribution is 7.98.